The highest BCUT2D eigenvalue weighted by Crippen LogP contribution is 2.54. The van der Waals surface area contributed by atoms with E-state index in [9.17, 15) is 0 Å². The van der Waals surface area contributed by atoms with E-state index in [1.807, 2.05) is 0 Å². The first-order valence-corrected chi connectivity index (χ1v) is 20.0. The van der Waals surface area contributed by atoms with Gasteiger partial charge in [-0.25, -0.2) is 0 Å². The molecule has 3 atom stereocenters. The van der Waals surface area contributed by atoms with E-state index in [-0.39, 0.29) is 5.41 Å². The van der Waals surface area contributed by atoms with Crippen molar-refractivity contribution in [3.63, 3.8) is 0 Å². The minimum atomic E-state index is -0.217. The van der Waals surface area contributed by atoms with Gasteiger partial charge in [-0.15, -0.1) is 0 Å². The minimum Gasteiger partial charge on any atom is -0.0654 e. The lowest BCUT2D eigenvalue weighted by Crippen LogP contribution is -2.23. The van der Waals surface area contributed by atoms with Crippen LogP contribution in [0.4, 0.5) is 0 Å². The van der Waals surface area contributed by atoms with Gasteiger partial charge in [0.05, 0.1) is 0 Å². The van der Waals surface area contributed by atoms with Crippen molar-refractivity contribution in [1.82, 2.24) is 0 Å². The zero-order valence-electron chi connectivity index (χ0n) is 32.7. The lowest BCUT2D eigenvalue weighted by atomic mass is 9.72. The Kier molecular flexibility index (Phi) is 11.1. The predicted octanol–water partition coefficient (Wildman–Crippen LogP) is 14.6. The van der Waals surface area contributed by atoms with E-state index in [2.05, 4.69) is 141 Å². The van der Waals surface area contributed by atoms with Crippen LogP contribution >= 0.6 is 0 Å². The normalized spacial score (nSPS) is 16.4. The van der Waals surface area contributed by atoms with Crippen molar-refractivity contribution in [2.45, 2.75) is 132 Å². The fraction of sp³-hybridized carbons (Fsp3) is 0.440. The maximum Gasteiger partial charge on any atom is 0.0436 e. The first-order valence-electron chi connectivity index (χ1n) is 20.0. The molecule has 5 aromatic carbocycles. The molecule has 0 saturated heterocycles. The van der Waals surface area contributed by atoms with Gasteiger partial charge in [0.2, 0.25) is 0 Å². The summed E-state index contributed by atoms with van der Waals surface area (Å²) in [6.07, 6.45) is 12.6. The van der Waals surface area contributed by atoms with E-state index in [4.69, 9.17) is 0 Å². The van der Waals surface area contributed by atoms with Crippen LogP contribution in [0.3, 0.4) is 0 Å². The number of aryl methyl sites for hydroxylation is 4. The monoisotopic (exact) mass is 662 g/mol. The van der Waals surface area contributed by atoms with Crippen molar-refractivity contribution in [2.24, 2.45) is 11.8 Å². The lowest BCUT2D eigenvalue weighted by Gasteiger charge is -2.30. The van der Waals surface area contributed by atoms with Crippen molar-refractivity contribution >= 4 is 10.8 Å². The second kappa shape index (κ2) is 15.3. The minimum absolute atomic E-state index is 0.217. The molecular formula is C50H62. The van der Waals surface area contributed by atoms with Crippen LogP contribution in [0.15, 0.2) is 78.9 Å². The van der Waals surface area contributed by atoms with Crippen molar-refractivity contribution < 1.29 is 0 Å². The van der Waals surface area contributed by atoms with Gasteiger partial charge >= 0.3 is 0 Å². The highest BCUT2D eigenvalue weighted by atomic mass is 14.4. The Balaban J connectivity index is 1.56. The molecule has 1 aliphatic rings. The van der Waals surface area contributed by atoms with E-state index < -0.39 is 0 Å². The summed E-state index contributed by atoms with van der Waals surface area (Å²) in [6.45, 7) is 21.0. The summed E-state index contributed by atoms with van der Waals surface area (Å²) < 4.78 is 0. The van der Waals surface area contributed by atoms with E-state index in [1.165, 1.54) is 130 Å². The molecule has 0 fully saturated rings. The standard InChI is InChI=1S/C50H62/c1-10-14-16-37(12-3)30-40-25-36(8)28-46-43(40)23-22-42(47(46)31-38(13-4)17-15-11-2)39-19-21-45-44-20-18-33(5)29-48(44)50(9,49(45)32-39)41-26-34(6)24-35(7)27-41/h18-29,32,37-38H,10-17,30-31H2,1-9H3. The van der Waals surface area contributed by atoms with Gasteiger partial charge in [-0.3, -0.25) is 0 Å². The summed E-state index contributed by atoms with van der Waals surface area (Å²) in [6, 6.07) is 31.7. The lowest BCUT2D eigenvalue weighted by molar-refractivity contribution is 0.449. The van der Waals surface area contributed by atoms with Crippen molar-refractivity contribution in [3.05, 3.63) is 129 Å². The quantitative estimate of drug-likeness (QED) is 0.111. The highest BCUT2D eigenvalue weighted by molar-refractivity contribution is 5.95. The molecule has 0 saturated carbocycles. The van der Waals surface area contributed by atoms with Crippen LogP contribution in [-0.4, -0.2) is 0 Å². The van der Waals surface area contributed by atoms with E-state index >= 15 is 0 Å². The van der Waals surface area contributed by atoms with Gasteiger partial charge in [0.15, 0.2) is 0 Å². The van der Waals surface area contributed by atoms with E-state index in [0.29, 0.717) is 5.92 Å². The Bertz CT molecular complexity index is 1950. The molecule has 50 heavy (non-hydrogen) atoms. The Morgan fingerprint density at radius 2 is 1.10 bits per heavy atom. The fourth-order valence-corrected chi connectivity index (χ4v) is 9.26. The summed E-state index contributed by atoms with van der Waals surface area (Å²) >= 11 is 0. The number of benzene rings is 5. The second-order valence-electron chi connectivity index (χ2n) is 16.2. The molecule has 1 aliphatic carbocycles. The van der Waals surface area contributed by atoms with E-state index in [0.717, 1.165) is 12.3 Å². The third-order valence-corrected chi connectivity index (χ3v) is 12.2. The Hall–Kier alpha value is -3.64. The Labute approximate surface area is 304 Å². The van der Waals surface area contributed by atoms with Crippen LogP contribution in [0, 0.1) is 39.5 Å². The molecule has 6 rings (SSSR count). The van der Waals surface area contributed by atoms with Crippen molar-refractivity contribution in [2.75, 3.05) is 0 Å². The molecule has 0 amide bonds. The second-order valence-corrected chi connectivity index (χ2v) is 16.2. The van der Waals surface area contributed by atoms with Crippen LogP contribution in [0.5, 0.6) is 0 Å². The summed E-state index contributed by atoms with van der Waals surface area (Å²) in [5, 5.41) is 2.98. The maximum atomic E-state index is 2.58. The van der Waals surface area contributed by atoms with Crippen LogP contribution in [-0.2, 0) is 18.3 Å². The molecule has 0 heterocycles. The summed E-state index contributed by atoms with van der Waals surface area (Å²) in [7, 11) is 0. The van der Waals surface area contributed by atoms with Gasteiger partial charge in [-0.05, 0) is 126 Å². The molecular weight excluding hydrogens is 601 g/mol. The fourth-order valence-electron chi connectivity index (χ4n) is 9.26. The van der Waals surface area contributed by atoms with Crippen LogP contribution in [0.1, 0.15) is 136 Å². The smallest absolute Gasteiger partial charge is 0.0436 e. The Morgan fingerprint density at radius 3 is 1.74 bits per heavy atom. The first kappa shape index (κ1) is 36.2. The summed E-state index contributed by atoms with van der Waals surface area (Å²) in [5.41, 5.74) is 18.1. The first-order chi connectivity index (χ1) is 24.1. The van der Waals surface area contributed by atoms with Crippen molar-refractivity contribution in [3.8, 4) is 22.3 Å². The van der Waals surface area contributed by atoms with E-state index in [1.54, 1.807) is 11.1 Å². The molecule has 0 N–H and O–H groups in total. The average Bonchev–Trinajstić information content (AvgIpc) is 3.35. The molecule has 0 spiro atoms. The number of unbranched alkanes of at least 4 members (excludes halogenated alkanes) is 2. The summed E-state index contributed by atoms with van der Waals surface area (Å²) in [4.78, 5) is 0. The molecule has 3 unspecified atom stereocenters. The third-order valence-electron chi connectivity index (χ3n) is 12.2. The molecule has 0 nitrogen and oxygen atoms in total. The SMILES string of the molecule is CCCCC(CC)Cc1cc(C)cc2c(CC(CC)CCCC)c(-c3ccc4c(c3)C(C)(c3cc(C)cc(C)c3)c3cc(C)ccc3-4)ccc12. The third kappa shape index (κ3) is 6.97. The molecule has 262 valence electrons. The number of rotatable bonds is 14. The number of hydrogen-bond acceptors (Lipinski definition) is 0. The van der Waals surface area contributed by atoms with Gasteiger partial charge in [0, 0.05) is 5.41 Å². The average molecular weight is 663 g/mol. The van der Waals surface area contributed by atoms with Crippen LogP contribution in [0.2, 0.25) is 0 Å². The molecule has 5 aromatic rings. The van der Waals surface area contributed by atoms with Gasteiger partial charge in [-0.2, -0.15) is 0 Å². The predicted molar refractivity (Wildman–Crippen MR) is 220 cm³/mol. The van der Waals surface area contributed by atoms with Gasteiger partial charge in [0.25, 0.3) is 0 Å². The summed E-state index contributed by atoms with van der Waals surface area (Å²) in [5.74, 6) is 1.44. The van der Waals surface area contributed by atoms with Crippen LogP contribution in [0.25, 0.3) is 33.0 Å². The Morgan fingerprint density at radius 1 is 0.520 bits per heavy atom. The molecule has 0 heteroatoms. The molecule has 0 aliphatic heterocycles. The largest absolute Gasteiger partial charge is 0.0654 e. The van der Waals surface area contributed by atoms with Gasteiger partial charge in [-0.1, -0.05) is 174 Å². The van der Waals surface area contributed by atoms with Gasteiger partial charge < -0.3 is 0 Å². The zero-order chi connectivity index (χ0) is 35.6. The topological polar surface area (TPSA) is 0 Å². The molecule has 0 radical (unpaired) electrons. The zero-order valence-corrected chi connectivity index (χ0v) is 32.7. The molecule has 0 bridgehead atoms. The number of fused-ring (bicyclic) bond motifs is 4. The number of hydrogen-bond donors (Lipinski definition) is 0. The van der Waals surface area contributed by atoms with Crippen LogP contribution < -0.4 is 0 Å². The highest BCUT2D eigenvalue weighted by Gasteiger charge is 2.41. The molecule has 0 aromatic heterocycles. The van der Waals surface area contributed by atoms with Crippen molar-refractivity contribution in [1.29, 1.82) is 0 Å². The maximum absolute atomic E-state index is 2.58. The van der Waals surface area contributed by atoms with Gasteiger partial charge in [0.1, 0.15) is 0 Å².